The number of hydrogen-bond donors (Lipinski definition) is 2. The van der Waals surface area contributed by atoms with E-state index < -0.39 is 6.29 Å². The summed E-state index contributed by atoms with van der Waals surface area (Å²) in [5.41, 5.74) is 2.92. The average molecular weight is 242 g/mol. The largest absolute Gasteiger partial charge is 0.364 e. The second-order valence-electron chi connectivity index (χ2n) is 4.42. The maximum absolute atomic E-state index is 9.23. The van der Waals surface area contributed by atoms with Gasteiger partial charge in [-0.2, -0.15) is 0 Å². The highest BCUT2D eigenvalue weighted by Crippen LogP contribution is 2.28. The zero-order valence-corrected chi connectivity index (χ0v) is 10.5. The van der Waals surface area contributed by atoms with Crippen molar-refractivity contribution in [3.05, 3.63) is 71.3 Å². The summed E-state index contributed by atoms with van der Waals surface area (Å²) in [5.74, 6) is 0.296. The zero-order chi connectivity index (χ0) is 13.0. The van der Waals surface area contributed by atoms with E-state index in [1.54, 1.807) is 6.07 Å². The SMILES string of the molecule is CCC(c1ccccc1)c1cccc(C(O)O)c1. The van der Waals surface area contributed by atoms with Gasteiger partial charge in [0.05, 0.1) is 0 Å². The molecule has 0 heterocycles. The van der Waals surface area contributed by atoms with Gasteiger partial charge in [0.1, 0.15) is 0 Å². The lowest BCUT2D eigenvalue weighted by atomic mass is 9.88. The quantitative estimate of drug-likeness (QED) is 0.808. The van der Waals surface area contributed by atoms with Gasteiger partial charge in [-0.1, -0.05) is 61.5 Å². The van der Waals surface area contributed by atoms with Crippen LogP contribution in [0.4, 0.5) is 0 Å². The topological polar surface area (TPSA) is 40.5 Å². The predicted molar refractivity (Wildman–Crippen MR) is 72.2 cm³/mol. The molecular weight excluding hydrogens is 224 g/mol. The number of hydrogen-bond acceptors (Lipinski definition) is 2. The van der Waals surface area contributed by atoms with Crippen molar-refractivity contribution in [2.75, 3.05) is 0 Å². The summed E-state index contributed by atoms with van der Waals surface area (Å²) in [6.07, 6.45) is -0.423. The van der Waals surface area contributed by atoms with Crippen LogP contribution in [-0.2, 0) is 0 Å². The summed E-state index contributed by atoms with van der Waals surface area (Å²) in [6.45, 7) is 2.14. The summed E-state index contributed by atoms with van der Waals surface area (Å²) in [5, 5.41) is 18.5. The van der Waals surface area contributed by atoms with Crippen molar-refractivity contribution in [3.8, 4) is 0 Å². The van der Waals surface area contributed by atoms with Crippen molar-refractivity contribution in [2.45, 2.75) is 25.6 Å². The molecular formula is C16H18O2. The summed E-state index contributed by atoms with van der Waals surface area (Å²) in [4.78, 5) is 0. The van der Waals surface area contributed by atoms with Crippen LogP contribution in [0.2, 0.25) is 0 Å². The normalized spacial score (nSPS) is 12.7. The first-order valence-electron chi connectivity index (χ1n) is 6.23. The summed E-state index contributed by atoms with van der Waals surface area (Å²) in [6, 6.07) is 17.8. The smallest absolute Gasteiger partial charge is 0.178 e. The fourth-order valence-electron chi connectivity index (χ4n) is 2.29. The van der Waals surface area contributed by atoms with Gasteiger partial charge in [0.15, 0.2) is 6.29 Å². The standard InChI is InChI=1S/C16H18O2/c1-2-15(12-7-4-3-5-8-12)13-9-6-10-14(11-13)16(17)18/h3-11,15-18H,2H2,1H3. The molecule has 1 atom stereocenters. The summed E-state index contributed by atoms with van der Waals surface area (Å²) < 4.78 is 0. The van der Waals surface area contributed by atoms with Crippen molar-refractivity contribution in [1.29, 1.82) is 0 Å². The maximum atomic E-state index is 9.23. The van der Waals surface area contributed by atoms with Crippen LogP contribution < -0.4 is 0 Å². The minimum Gasteiger partial charge on any atom is -0.364 e. The Morgan fingerprint density at radius 2 is 1.44 bits per heavy atom. The average Bonchev–Trinajstić information content (AvgIpc) is 2.41. The molecule has 94 valence electrons. The Balaban J connectivity index is 2.36. The highest BCUT2D eigenvalue weighted by atomic mass is 16.5. The molecule has 0 aliphatic carbocycles. The minimum atomic E-state index is -1.40. The first-order valence-corrected chi connectivity index (χ1v) is 6.23. The lowest BCUT2D eigenvalue weighted by Crippen LogP contribution is -2.02. The molecule has 0 saturated carbocycles. The van der Waals surface area contributed by atoms with Crippen LogP contribution in [0.15, 0.2) is 54.6 Å². The Hall–Kier alpha value is -1.64. The van der Waals surface area contributed by atoms with E-state index in [-0.39, 0.29) is 0 Å². The Bertz CT molecular complexity index is 491. The second-order valence-corrected chi connectivity index (χ2v) is 4.42. The molecule has 2 heteroatoms. The van der Waals surface area contributed by atoms with Crippen LogP contribution in [0.5, 0.6) is 0 Å². The van der Waals surface area contributed by atoms with Gasteiger partial charge in [-0.15, -0.1) is 0 Å². The number of rotatable bonds is 4. The molecule has 0 spiro atoms. The molecule has 0 fully saturated rings. The van der Waals surface area contributed by atoms with E-state index in [1.165, 1.54) is 5.56 Å². The molecule has 2 N–H and O–H groups in total. The summed E-state index contributed by atoms with van der Waals surface area (Å²) in [7, 11) is 0. The van der Waals surface area contributed by atoms with Crippen molar-refractivity contribution in [3.63, 3.8) is 0 Å². The highest BCUT2D eigenvalue weighted by molar-refractivity contribution is 5.35. The molecule has 2 aromatic carbocycles. The molecule has 0 aromatic heterocycles. The lowest BCUT2D eigenvalue weighted by molar-refractivity contribution is -0.0425. The van der Waals surface area contributed by atoms with E-state index in [2.05, 4.69) is 19.1 Å². The van der Waals surface area contributed by atoms with Crippen LogP contribution in [-0.4, -0.2) is 10.2 Å². The first-order chi connectivity index (χ1) is 8.72. The molecule has 2 aromatic rings. The van der Waals surface area contributed by atoms with Gasteiger partial charge in [-0.3, -0.25) is 0 Å². The van der Waals surface area contributed by atoms with Gasteiger partial charge < -0.3 is 10.2 Å². The molecule has 0 saturated heterocycles. The van der Waals surface area contributed by atoms with Gasteiger partial charge >= 0.3 is 0 Å². The lowest BCUT2D eigenvalue weighted by Gasteiger charge is -2.17. The van der Waals surface area contributed by atoms with Crippen molar-refractivity contribution in [2.24, 2.45) is 0 Å². The fraction of sp³-hybridized carbons (Fsp3) is 0.250. The zero-order valence-electron chi connectivity index (χ0n) is 10.5. The fourth-order valence-corrected chi connectivity index (χ4v) is 2.29. The number of aliphatic hydroxyl groups is 2. The van der Waals surface area contributed by atoms with Gasteiger partial charge in [0.25, 0.3) is 0 Å². The molecule has 0 bridgehead atoms. The minimum absolute atomic E-state index is 0.296. The van der Waals surface area contributed by atoms with Gasteiger partial charge in [0.2, 0.25) is 0 Å². The van der Waals surface area contributed by atoms with Crippen LogP contribution in [0.25, 0.3) is 0 Å². The molecule has 0 amide bonds. The molecule has 1 unspecified atom stereocenters. The Morgan fingerprint density at radius 1 is 0.833 bits per heavy atom. The highest BCUT2D eigenvalue weighted by Gasteiger charge is 2.13. The van der Waals surface area contributed by atoms with E-state index in [9.17, 15) is 10.2 Å². The van der Waals surface area contributed by atoms with Crippen LogP contribution in [0.3, 0.4) is 0 Å². The van der Waals surface area contributed by atoms with Crippen LogP contribution in [0.1, 0.15) is 42.2 Å². The van der Waals surface area contributed by atoms with E-state index in [4.69, 9.17) is 0 Å². The molecule has 0 radical (unpaired) electrons. The first kappa shape index (κ1) is 12.8. The monoisotopic (exact) mass is 242 g/mol. The third-order valence-electron chi connectivity index (χ3n) is 3.22. The number of benzene rings is 2. The molecule has 18 heavy (non-hydrogen) atoms. The molecule has 0 aliphatic heterocycles. The molecule has 2 nitrogen and oxygen atoms in total. The maximum Gasteiger partial charge on any atom is 0.178 e. The van der Waals surface area contributed by atoms with E-state index in [0.29, 0.717) is 11.5 Å². The van der Waals surface area contributed by atoms with Crippen molar-refractivity contribution >= 4 is 0 Å². The van der Waals surface area contributed by atoms with Crippen LogP contribution in [0, 0.1) is 0 Å². The Morgan fingerprint density at radius 3 is 2.06 bits per heavy atom. The van der Waals surface area contributed by atoms with Gasteiger partial charge in [-0.05, 0) is 17.5 Å². The second kappa shape index (κ2) is 5.80. The van der Waals surface area contributed by atoms with E-state index in [1.807, 2.05) is 36.4 Å². The van der Waals surface area contributed by atoms with Crippen LogP contribution >= 0.6 is 0 Å². The van der Waals surface area contributed by atoms with E-state index >= 15 is 0 Å². The van der Waals surface area contributed by atoms with Gasteiger partial charge in [0, 0.05) is 11.5 Å². The van der Waals surface area contributed by atoms with Crippen molar-refractivity contribution < 1.29 is 10.2 Å². The Labute approximate surface area is 108 Å². The van der Waals surface area contributed by atoms with Gasteiger partial charge in [-0.25, -0.2) is 0 Å². The van der Waals surface area contributed by atoms with E-state index in [0.717, 1.165) is 12.0 Å². The molecule has 2 rings (SSSR count). The predicted octanol–water partition coefficient (Wildman–Crippen LogP) is 3.21. The third kappa shape index (κ3) is 2.78. The Kier molecular flexibility index (Phi) is 4.13. The third-order valence-corrected chi connectivity index (χ3v) is 3.22. The molecule has 0 aliphatic rings. The van der Waals surface area contributed by atoms with Crippen molar-refractivity contribution in [1.82, 2.24) is 0 Å². The number of aliphatic hydroxyl groups excluding tert-OH is 1. The summed E-state index contributed by atoms with van der Waals surface area (Å²) >= 11 is 0.